The van der Waals surface area contributed by atoms with Gasteiger partial charge in [0.1, 0.15) is 11.6 Å². The molecule has 0 saturated carbocycles. The quantitative estimate of drug-likeness (QED) is 0.613. The molecule has 0 bridgehead atoms. The lowest BCUT2D eigenvalue weighted by Crippen LogP contribution is -2.04. The van der Waals surface area contributed by atoms with Crippen LogP contribution in [0.4, 0.5) is 8.78 Å². The zero-order chi connectivity index (χ0) is 16.8. The van der Waals surface area contributed by atoms with Crippen LogP contribution in [-0.4, -0.2) is 20.2 Å². The van der Waals surface area contributed by atoms with Gasteiger partial charge < -0.3 is 14.2 Å². The Morgan fingerprint density at radius 2 is 1.87 bits per heavy atom. The van der Waals surface area contributed by atoms with Crippen LogP contribution in [-0.2, 0) is 9.47 Å². The second kappa shape index (κ2) is 7.40. The van der Waals surface area contributed by atoms with E-state index in [0.717, 1.165) is 6.07 Å². The second-order valence-electron chi connectivity index (χ2n) is 4.46. The minimum absolute atomic E-state index is 0.151. The molecular formula is C17H14F2O4. The Labute approximate surface area is 131 Å². The van der Waals surface area contributed by atoms with Crippen LogP contribution in [0.25, 0.3) is 6.08 Å². The van der Waals surface area contributed by atoms with E-state index in [2.05, 4.69) is 0 Å². The molecule has 0 amide bonds. The molecule has 2 aromatic rings. The van der Waals surface area contributed by atoms with Crippen molar-refractivity contribution in [2.45, 2.75) is 0 Å². The highest BCUT2D eigenvalue weighted by Crippen LogP contribution is 2.27. The average Bonchev–Trinajstić information content (AvgIpc) is 2.55. The number of carbonyl (C=O) groups is 1. The number of halogens is 2. The second-order valence-corrected chi connectivity index (χ2v) is 4.46. The van der Waals surface area contributed by atoms with Crippen molar-refractivity contribution in [2.24, 2.45) is 0 Å². The fourth-order valence-electron chi connectivity index (χ4n) is 1.86. The minimum Gasteiger partial charge on any atom is -0.504 e. The van der Waals surface area contributed by atoms with E-state index in [-0.39, 0.29) is 17.1 Å². The average molecular weight is 320 g/mol. The van der Waals surface area contributed by atoms with Gasteiger partial charge in [0.25, 0.3) is 0 Å². The first-order chi connectivity index (χ1) is 11.0. The Kier molecular flexibility index (Phi) is 5.30. The Morgan fingerprint density at radius 3 is 2.52 bits per heavy atom. The normalized spacial score (nSPS) is 10.6. The van der Waals surface area contributed by atoms with Crippen molar-refractivity contribution in [3.63, 3.8) is 0 Å². The Morgan fingerprint density at radius 1 is 1.09 bits per heavy atom. The third-order valence-electron chi connectivity index (χ3n) is 2.94. The van der Waals surface area contributed by atoms with Gasteiger partial charge in [0.15, 0.2) is 11.6 Å². The van der Waals surface area contributed by atoms with Crippen molar-refractivity contribution in [1.29, 1.82) is 0 Å². The molecule has 2 aromatic carbocycles. The van der Waals surface area contributed by atoms with Gasteiger partial charge in [-0.15, -0.1) is 0 Å². The summed E-state index contributed by atoms with van der Waals surface area (Å²) >= 11 is 0. The maximum atomic E-state index is 13.6. The van der Waals surface area contributed by atoms with Crippen LogP contribution in [0.3, 0.4) is 0 Å². The summed E-state index contributed by atoms with van der Waals surface area (Å²) in [5.74, 6) is -2.06. The molecule has 6 heteroatoms. The van der Waals surface area contributed by atoms with Crippen LogP contribution in [0.5, 0.6) is 11.5 Å². The molecule has 2 rings (SSSR count). The molecule has 0 heterocycles. The fourth-order valence-corrected chi connectivity index (χ4v) is 1.86. The molecule has 0 atom stereocenters. The third-order valence-corrected chi connectivity index (χ3v) is 2.94. The summed E-state index contributed by atoms with van der Waals surface area (Å²) in [4.78, 5) is 11.8. The molecule has 0 radical (unpaired) electrons. The number of hydrogen-bond acceptors (Lipinski definition) is 4. The van der Waals surface area contributed by atoms with Gasteiger partial charge in [-0.1, -0.05) is 6.07 Å². The highest BCUT2D eigenvalue weighted by Gasteiger charge is 2.13. The van der Waals surface area contributed by atoms with Gasteiger partial charge in [-0.3, -0.25) is 0 Å². The van der Waals surface area contributed by atoms with Crippen molar-refractivity contribution in [3.8, 4) is 11.5 Å². The molecule has 0 saturated heterocycles. The smallest absolute Gasteiger partial charge is 0.338 e. The van der Waals surface area contributed by atoms with E-state index in [1.54, 1.807) is 18.2 Å². The Hall–Kier alpha value is -2.89. The first-order valence-electron chi connectivity index (χ1n) is 6.59. The van der Waals surface area contributed by atoms with E-state index >= 15 is 0 Å². The first-order valence-corrected chi connectivity index (χ1v) is 6.59. The third kappa shape index (κ3) is 4.06. The number of methoxy groups -OCH3 is 2. The molecule has 4 nitrogen and oxygen atoms in total. The topological polar surface area (TPSA) is 44.8 Å². The van der Waals surface area contributed by atoms with Gasteiger partial charge in [-0.25, -0.2) is 13.6 Å². The standard InChI is InChI=1S/C17H14F2O4/c1-21-8-7-11-3-5-13(10-14(11)17(20)22-2)23-16-6-4-12(18)9-15(16)19/h3-10H,1-2H3/b8-7+. The molecule has 0 unspecified atom stereocenters. The maximum Gasteiger partial charge on any atom is 0.338 e. The monoisotopic (exact) mass is 320 g/mol. The zero-order valence-electron chi connectivity index (χ0n) is 12.5. The van der Waals surface area contributed by atoms with Crippen LogP contribution in [0, 0.1) is 11.6 Å². The summed E-state index contributed by atoms with van der Waals surface area (Å²) in [5, 5.41) is 0. The fraction of sp³-hybridized carbons (Fsp3) is 0.118. The summed E-state index contributed by atoms with van der Waals surface area (Å²) in [7, 11) is 2.72. The molecule has 0 aromatic heterocycles. The van der Waals surface area contributed by atoms with Crippen molar-refractivity contribution >= 4 is 12.0 Å². The molecule has 0 aliphatic heterocycles. The lowest BCUT2D eigenvalue weighted by Gasteiger charge is -2.10. The zero-order valence-corrected chi connectivity index (χ0v) is 12.5. The largest absolute Gasteiger partial charge is 0.504 e. The van der Waals surface area contributed by atoms with Crippen LogP contribution >= 0.6 is 0 Å². The van der Waals surface area contributed by atoms with Crippen molar-refractivity contribution in [3.05, 3.63) is 65.4 Å². The number of rotatable bonds is 5. The van der Waals surface area contributed by atoms with Crippen LogP contribution in [0.15, 0.2) is 42.7 Å². The highest BCUT2D eigenvalue weighted by atomic mass is 19.1. The highest BCUT2D eigenvalue weighted by molar-refractivity contribution is 5.94. The predicted octanol–water partition coefficient (Wildman–Crippen LogP) is 4.16. The van der Waals surface area contributed by atoms with E-state index < -0.39 is 17.6 Å². The summed E-state index contributed by atoms with van der Waals surface area (Å²) in [6.07, 6.45) is 2.98. The molecule has 0 fully saturated rings. The lowest BCUT2D eigenvalue weighted by molar-refractivity contribution is 0.0600. The number of benzene rings is 2. The predicted molar refractivity (Wildman–Crippen MR) is 80.3 cm³/mol. The van der Waals surface area contributed by atoms with E-state index in [1.165, 1.54) is 32.6 Å². The molecule has 0 spiro atoms. The van der Waals surface area contributed by atoms with Gasteiger partial charge in [0, 0.05) is 6.07 Å². The number of carbonyl (C=O) groups excluding carboxylic acids is 1. The molecule has 0 aliphatic carbocycles. The minimum atomic E-state index is -0.840. The summed E-state index contributed by atoms with van der Waals surface area (Å²) in [6.45, 7) is 0. The van der Waals surface area contributed by atoms with Crippen LogP contribution in [0.2, 0.25) is 0 Å². The Balaban J connectivity index is 2.36. The van der Waals surface area contributed by atoms with E-state index in [4.69, 9.17) is 14.2 Å². The van der Waals surface area contributed by atoms with Crippen LogP contribution < -0.4 is 4.74 Å². The van der Waals surface area contributed by atoms with E-state index in [9.17, 15) is 13.6 Å². The maximum absolute atomic E-state index is 13.6. The van der Waals surface area contributed by atoms with Crippen molar-refractivity contribution in [1.82, 2.24) is 0 Å². The first kappa shape index (κ1) is 16.5. The van der Waals surface area contributed by atoms with Gasteiger partial charge in [-0.2, -0.15) is 0 Å². The van der Waals surface area contributed by atoms with Crippen molar-refractivity contribution in [2.75, 3.05) is 14.2 Å². The van der Waals surface area contributed by atoms with Crippen LogP contribution in [0.1, 0.15) is 15.9 Å². The van der Waals surface area contributed by atoms with Gasteiger partial charge in [0.05, 0.1) is 26.0 Å². The molecule has 0 aliphatic rings. The number of ether oxygens (including phenoxy) is 3. The molecule has 23 heavy (non-hydrogen) atoms. The number of hydrogen-bond donors (Lipinski definition) is 0. The van der Waals surface area contributed by atoms with E-state index in [0.29, 0.717) is 11.6 Å². The van der Waals surface area contributed by atoms with E-state index in [1.807, 2.05) is 0 Å². The summed E-state index contributed by atoms with van der Waals surface area (Å²) < 4.78 is 41.4. The molecule has 120 valence electrons. The van der Waals surface area contributed by atoms with Gasteiger partial charge in [-0.05, 0) is 35.9 Å². The molecule has 0 N–H and O–H groups in total. The van der Waals surface area contributed by atoms with Crippen molar-refractivity contribution < 1.29 is 27.8 Å². The summed E-state index contributed by atoms with van der Waals surface area (Å²) in [5.41, 5.74) is 0.770. The lowest BCUT2D eigenvalue weighted by atomic mass is 10.1. The summed E-state index contributed by atoms with van der Waals surface area (Å²) in [6, 6.07) is 7.51. The van der Waals surface area contributed by atoms with Gasteiger partial charge in [0.2, 0.25) is 0 Å². The van der Waals surface area contributed by atoms with Gasteiger partial charge >= 0.3 is 5.97 Å². The SMILES string of the molecule is CO/C=C/c1ccc(Oc2ccc(F)cc2F)cc1C(=O)OC. The molecular weight excluding hydrogens is 306 g/mol. The Bertz CT molecular complexity index is 741. The number of esters is 1.